The molecule has 0 amide bonds. The predicted molar refractivity (Wildman–Crippen MR) is 85.8 cm³/mol. The molecule has 0 spiro atoms. The van der Waals surface area contributed by atoms with E-state index in [0.717, 1.165) is 22.4 Å². The van der Waals surface area contributed by atoms with Crippen molar-refractivity contribution in [3.8, 4) is 0 Å². The van der Waals surface area contributed by atoms with Crippen molar-refractivity contribution in [2.75, 3.05) is 5.32 Å². The van der Waals surface area contributed by atoms with Crippen molar-refractivity contribution in [1.29, 1.82) is 0 Å². The number of pyridine rings is 1. The van der Waals surface area contributed by atoms with E-state index >= 15 is 0 Å². The van der Waals surface area contributed by atoms with Gasteiger partial charge in [-0.25, -0.2) is 9.97 Å². The molecule has 2 heterocycles. The Balaban J connectivity index is 1.96. The molecule has 0 atom stereocenters. The Morgan fingerprint density at radius 1 is 1.05 bits per heavy atom. The fraction of sp³-hybridized carbons (Fsp3) is 0.118. The Labute approximate surface area is 123 Å². The first-order valence-electron chi connectivity index (χ1n) is 6.90. The Bertz CT molecular complexity index is 766. The number of benzene rings is 1. The Morgan fingerprint density at radius 2 is 1.90 bits per heavy atom. The zero-order chi connectivity index (χ0) is 14.5. The maximum absolute atomic E-state index is 4.57. The minimum absolute atomic E-state index is 0.636. The van der Waals surface area contributed by atoms with Gasteiger partial charge in [-0.3, -0.25) is 4.98 Å². The maximum atomic E-state index is 4.57. The topological polar surface area (TPSA) is 50.7 Å². The highest BCUT2D eigenvalue weighted by Crippen LogP contribution is 2.21. The van der Waals surface area contributed by atoms with E-state index in [0.29, 0.717) is 12.4 Å². The molecule has 4 nitrogen and oxygen atoms in total. The van der Waals surface area contributed by atoms with Crippen molar-refractivity contribution in [3.63, 3.8) is 0 Å². The molecule has 104 valence electrons. The third-order valence-corrected chi connectivity index (χ3v) is 3.10. The number of nitrogens with one attached hydrogen (secondary N) is 1. The van der Waals surface area contributed by atoms with Crippen molar-refractivity contribution >= 4 is 22.8 Å². The molecule has 21 heavy (non-hydrogen) atoms. The van der Waals surface area contributed by atoms with Crippen LogP contribution in [0.5, 0.6) is 0 Å². The molecule has 0 unspecified atom stereocenters. The van der Waals surface area contributed by atoms with E-state index in [9.17, 15) is 0 Å². The number of rotatable bonds is 4. The second-order valence-electron chi connectivity index (χ2n) is 4.62. The van der Waals surface area contributed by atoms with Gasteiger partial charge in [-0.05, 0) is 37.3 Å². The fourth-order valence-corrected chi connectivity index (χ4v) is 2.13. The lowest BCUT2D eigenvalue weighted by Gasteiger charge is -2.09. The normalized spacial score (nSPS) is 11.1. The largest absolute Gasteiger partial charge is 0.364 e. The second kappa shape index (κ2) is 6.13. The third-order valence-electron chi connectivity index (χ3n) is 3.10. The zero-order valence-corrected chi connectivity index (χ0v) is 11.8. The highest BCUT2D eigenvalue weighted by atomic mass is 15.0. The van der Waals surface area contributed by atoms with Crippen molar-refractivity contribution in [2.45, 2.75) is 13.5 Å². The van der Waals surface area contributed by atoms with E-state index in [1.165, 1.54) is 0 Å². The van der Waals surface area contributed by atoms with E-state index in [4.69, 9.17) is 0 Å². The van der Waals surface area contributed by atoms with Crippen LogP contribution in [-0.2, 0) is 6.54 Å². The van der Waals surface area contributed by atoms with Gasteiger partial charge in [0.1, 0.15) is 5.82 Å². The summed E-state index contributed by atoms with van der Waals surface area (Å²) in [6.07, 6.45) is 5.63. The van der Waals surface area contributed by atoms with Gasteiger partial charge in [0.25, 0.3) is 0 Å². The Hall–Kier alpha value is -2.75. The molecule has 0 radical (unpaired) electrons. The summed E-state index contributed by atoms with van der Waals surface area (Å²) < 4.78 is 0. The van der Waals surface area contributed by atoms with Gasteiger partial charge >= 0.3 is 0 Å². The monoisotopic (exact) mass is 276 g/mol. The first-order chi connectivity index (χ1) is 10.4. The summed E-state index contributed by atoms with van der Waals surface area (Å²) in [7, 11) is 0. The molecule has 4 heteroatoms. The van der Waals surface area contributed by atoms with E-state index in [2.05, 4.69) is 20.3 Å². The highest BCUT2D eigenvalue weighted by Gasteiger charge is 2.05. The number of fused-ring (bicyclic) bond motifs is 1. The van der Waals surface area contributed by atoms with Gasteiger partial charge in [-0.1, -0.05) is 24.3 Å². The average Bonchev–Trinajstić information content (AvgIpc) is 2.54. The van der Waals surface area contributed by atoms with Gasteiger partial charge in [0, 0.05) is 11.6 Å². The molecule has 1 N–H and O–H groups in total. The van der Waals surface area contributed by atoms with Crippen LogP contribution in [0.15, 0.2) is 54.7 Å². The molecular formula is C17H16N4. The van der Waals surface area contributed by atoms with Crippen LogP contribution in [0.3, 0.4) is 0 Å². The van der Waals surface area contributed by atoms with Crippen molar-refractivity contribution in [1.82, 2.24) is 15.0 Å². The molecule has 0 saturated heterocycles. The number of hydrogen-bond donors (Lipinski definition) is 1. The van der Waals surface area contributed by atoms with Crippen LogP contribution in [-0.4, -0.2) is 15.0 Å². The smallest absolute Gasteiger partial charge is 0.154 e. The lowest BCUT2D eigenvalue weighted by molar-refractivity contribution is 1.03. The van der Waals surface area contributed by atoms with Crippen molar-refractivity contribution in [3.05, 3.63) is 66.3 Å². The summed E-state index contributed by atoms with van der Waals surface area (Å²) in [5.41, 5.74) is 1.91. The molecule has 3 rings (SSSR count). The molecule has 1 aromatic carbocycles. The summed E-state index contributed by atoms with van der Waals surface area (Å²) in [4.78, 5) is 13.4. The Morgan fingerprint density at radius 3 is 2.71 bits per heavy atom. The van der Waals surface area contributed by atoms with E-state index in [1.807, 2.05) is 61.5 Å². The number of para-hydroxylation sites is 1. The number of allylic oxidation sites excluding steroid dienone is 1. The van der Waals surface area contributed by atoms with Gasteiger partial charge in [-0.15, -0.1) is 0 Å². The average molecular weight is 276 g/mol. The molecule has 0 aliphatic heterocycles. The molecule has 2 aromatic heterocycles. The van der Waals surface area contributed by atoms with E-state index < -0.39 is 0 Å². The molecule has 0 bridgehead atoms. The summed E-state index contributed by atoms with van der Waals surface area (Å²) in [6, 6.07) is 13.9. The summed E-state index contributed by atoms with van der Waals surface area (Å²) >= 11 is 0. The quantitative estimate of drug-likeness (QED) is 0.790. The maximum Gasteiger partial charge on any atom is 0.154 e. The molecular weight excluding hydrogens is 260 g/mol. The number of nitrogens with zero attached hydrogens (tertiary/aromatic N) is 3. The van der Waals surface area contributed by atoms with Crippen molar-refractivity contribution in [2.24, 2.45) is 0 Å². The molecule has 0 saturated carbocycles. The van der Waals surface area contributed by atoms with Gasteiger partial charge < -0.3 is 5.32 Å². The summed E-state index contributed by atoms with van der Waals surface area (Å²) in [6.45, 7) is 2.59. The Kier molecular flexibility index (Phi) is 3.87. The van der Waals surface area contributed by atoms with Gasteiger partial charge in [-0.2, -0.15) is 0 Å². The van der Waals surface area contributed by atoms with Crippen LogP contribution in [0.2, 0.25) is 0 Å². The van der Waals surface area contributed by atoms with Crippen LogP contribution in [0.25, 0.3) is 17.0 Å². The van der Waals surface area contributed by atoms with Gasteiger partial charge in [0.05, 0.1) is 17.8 Å². The standard InChI is InChI=1S/C17H16N4/c1-2-7-16-20-15-10-4-3-9-14(15)17(21-16)19-12-13-8-5-6-11-18-13/h2-11H,12H2,1H3,(H,19,20,21)/b7-2+. The van der Waals surface area contributed by atoms with Crippen LogP contribution in [0.1, 0.15) is 18.4 Å². The van der Waals surface area contributed by atoms with Gasteiger partial charge in [0.2, 0.25) is 0 Å². The predicted octanol–water partition coefficient (Wildman–Crippen LogP) is 3.67. The van der Waals surface area contributed by atoms with Crippen LogP contribution in [0, 0.1) is 0 Å². The summed E-state index contributed by atoms with van der Waals surface area (Å²) in [5.74, 6) is 1.54. The van der Waals surface area contributed by atoms with Crippen LogP contribution >= 0.6 is 0 Å². The number of anilines is 1. The summed E-state index contributed by atoms with van der Waals surface area (Å²) in [5, 5.41) is 4.37. The third kappa shape index (κ3) is 3.05. The first kappa shape index (κ1) is 13.2. The van der Waals surface area contributed by atoms with E-state index in [-0.39, 0.29) is 0 Å². The van der Waals surface area contributed by atoms with Crippen LogP contribution < -0.4 is 5.32 Å². The number of aromatic nitrogens is 3. The van der Waals surface area contributed by atoms with Crippen molar-refractivity contribution < 1.29 is 0 Å². The number of hydrogen-bond acceptors (Lipinski definition) is 4. The SMILES string of the molecule is C/C=C/c1nc(NCc2ccccn2)c2ccccc2n1. The lowest BCUT2D eigenvalue weighted by atomic mass is 10.2. The molecule has 0 fully saturated rings. The first-order valence-corrected chi connectivity index (χ1v) is 6.90. The molecule has 0 aliphatic carbocycles. The van der Waals surface area contributed by atoms with Gasteiger partial charge in [0.15, 0.2) is 5.82 Å². The zero-order valence-electron chi connectivity index (χ0n) is 11.8. The minimum Gasteiger partial charge on any atom is -0.364 e. The molecule has 0 aliphatic rings. The highest BCUT2D eigenvalue weighted by molar-refractivity contribution is 5.89. The molecule has 3 aromatic rings. The van der Waals surface area contributed by atoms with E-state index in [1.54, 1.807) is 6.20 Å². The van der Waals surface area contributed by atoms with Crippen LogP contribution in [0.4, 0.5) is 5.82 Å². The lowest BCUT2D eigenvalue weighted by Crippen LogP contribution is -2.05. The minimum atomic E-state index is 0.636. The fourth-order valence-electron chi connectivity index (χ4n) is 2.13. The second-order valence-corrected chi connectivity index (χ2v) is 4.62.